The maximum atomic E-state index is 12.9. The summed E-state index contributed by atoms with van der Waals surface area (Å²) in [5.41, 5.74) is 5.12. The second-order valence-electron chi connectivity index (χ2n) is 8.22. The molecule has 6 heteroatoms. The molecule has 0 amide bonds. The summed E-state index contributed by atoms with van der Waals surface area (Å²) in [6.45, 7) is 8.11. The molecular weight excluding hydrogens is 404 g/mol. The van der Waals surface area contributed by atoms with Gasteiger partial charge in [-0.15, -0.1) is 0 Å². The number of ether oxygens (including phenoxy) is 1. The minimum absolute atomic E-state index is 0.00645. The van der Waals surface area contributed by atoms with E-state index < -0.39 is 5.97 Å². The summed E-state index contributed by atoms with van der Waals surface area (Å²) >= 11 is 0. The van der Waals surface area contributed by atoms with E-state index in [2.05, 4.69) is 11.9 Å². The molecule has 6 nitrogen and oxygen atoms in total. The number of benzene rings is 2. The van der Waals surface area contributed by atoms with Crippen LogP contribution < -0.4 is 5.56 Å². The molecule has 0 atom stereocenters. The second kappa shape index (κ2) is 10.4. The SMILES string of the molecule is CCCCn1c(=O)c(CCC(=O)OCC(=O)c2c(C)cc(C)cc2C)nc2ccccc21. The number of hydrogen-bond acceptors (Lipinski definition) is 5. The van der Waals surface area contributed by atoms with Crippen LogP contribution >= 0.6 is 0 Å². The Morgan fingerprint density at radius 2 is 1.75 bits per heavy atom. The molecule has 2 aromatic carbocycles. The lowest BCUT2D eigenvalue weighted by Gasteiger charge is -2.12. The van der Waals surface area contributed by atoms with Crippen molar-refractivity contribution >= 4 is 22.8 Å². The molecule has 0 unspecified atom stereocenters. The van der Waals surface area contributed by atoms with E-state index in [-0.39, 0.29) is 30.8 Å². The predicted molar refractivity (Wildman–Crippen MR) is 125 cm³/mol. The highest BCUT2D eigenvalue weighted by atomic mass is 16.5. The van der Waals surface area contributed by atoms with Crippen molar-refractivity contribution in [3.8, 4) is 0 Å². The molecule has 0 saturated carbocycles. The first-order chi connectivity index (χ1) is 15.3. The quantitative estimate of drug-likeness (QED) is 0.366. The first-order valence-corrected chi connectivity index (χ1v) is 11.1. The number of esters is 1. The average molecular weight is 435 g/mol. The number of ketones is 1. The van der Waals surface area contributed by atoms with Gasteiger partial charge in [0.2, 0.25) is 5.78 Å². The smallest absolute Gasteiger partial charge is 0.306 e. The van der Waals surface area contributed by atoms with Gasteiger partial charge in [-0.05, 0) is 50.5 Å². The number of para-hydroxylation sites is 2. The van der Waals surface area contributed by atoms with Gasteiger partial charge < -0.3 is 9.30 Å². The Balaban J connectivity index is 1.68. The highest BCUT2D eigenvalue weighted by Gasteiger charge is 2.17. The maximum absolute atomic E-state index is 12.9. The third kappa shape index (κ3) is 5.31. The number of Topliss-reactive ketones (excluding diaryl/α,β-unsaturated/α-hetero) is 1. The number of rotatable bonds is 9. The molecule has 3 rings (SSSR count). The van der Waals surface area contributed by atoms with Crippen LogP contribution in [-0.4, -0.2) is 27.9 Å². The first-order valence-electron chi connectivity index (χ1n) is 11.1. The van der Waals surface area contributed by atoms with E-state index in [1.54, 1.807) is 4.57 Å². The zero-order chi connectivity index (χ0) is 23.3. The molecule has 168 valence electrons. The second-order valence-corrected chi connectivity index (χ2v) is 8.22. The van der Waals surface area contributed by atoms with Gasteiger partial charge in [0.05, 0.1) is 17.5 Å². The number of carbonyl (C=O) groups is 2. The summed E-state index contributed by atoms with van der Waals surface area (Å²) in [6, 6.07) is 11.4. The van der Waals surface area contributed by atoms with Crippen LogP contribution in [0.2, 0.25) is 0 Å². The van der Waals surface area contributed by atoms with Crippen molar-refractivity contribution in [2.75, 3.05) is 6.61 Å². The number of carbonyl (C=O) groups excluding carboxylic acids is 2. The van der Waals surface area contributed by atoms with Crippen LogP contribution in [0.3, 0.4) is 0 Å². The predicted octanol–water partition coefficient (Wildman–Crippen LogP) is 4.48. The summed E-state index contributed by atoms with van der Waals surface area (Å²) in [7, 11) is 0. The first kappa shape index (κ1) is 23.4. The third-order valence-electron chi connectivity index (χ3n) is 5.54. The molecular formula is C26H30N2O4. The Morgan fingerprint density at radius 3 is 2.44 bits per heavy atom. The molecule has 0 spiro atoms. The molecule has 0 fully saturated rings. The molecule has 0 bridgehead atoms. The summed E-state index contributed by atoms with van der Waals surface area (Å²) in [5, 5.41) is 0. The Hall–Kier alpha value is -3.28. The lowest BCUT2D eigenvalue weighted by molar-refractivity contribution is -0.142. The van der Waals surface area contributed by atoms with Gasteiger partial charge in [-0.25, -0.2) is 4.98 Å². The van der Waals surface area contributed by atoms with Crippen molar-refractivity contribution in [3.05, 3.63) is 74.7 Å². The van der Waals surface area contributed by atoms with Crippen molar-refractivity contribution < 1.29 is 14.3 Å². The molecule has 1 heterocycles. The lowest BCUT2D eigenvalue weighted by Crippen LogP contribution is -2.26. The van der Waals surface area contributed by atoms with Crippen LogP contribution in [0.4, 0.5) is 0 Å². The molecule has 0 aliphatic carbocycles. The van der Waals surface area contributed by atoms with Crippen molar-refractivity contribution in [1.82, 2.24) is 9.55 Å². The standard InChI is InChI=1S/C26H30N2O4/c1-5-6-13-28-22-10-8-7-9-20(22)27-21(26(28)31)11-12-24(30)32-16-23(29)25-18(3)14-17(2)15-19(25)4/h7-10,14-15H,5-6,11-13,16H2,1-4H3. The van der Waals surface area contributed by atoms with Crippen LogP contribution in [0, 0.1) is 20.8 Å². The number of nitrogens with zero attached hydrogens (tertiary/aromatic N) is 2. The van der Waals surface area contributed by atoms with E-state index in [9.17, 15) is 14.4 Å². The fourth-order valence-corrected chi connectivity index (χ4v) is 4.08. The Bertz CT molecular complexity index is 1190. The van der Waals surface area contributed by atoms with Crippen LogP contribution in [0.5, 0.6) is 0 Å². The fraction of sp³-hybridized carbons (Fsp3) is 0.385. The van der Waals surface area contributed by atoms with Gasteiger partial charge in [0.25, 0.3) is 5.56 Å². The van der Waals surface area contributed by atoms with E-state index >= 15 is 0 Å². The highest BCUT2D eigenvalue weighted by Crippen LogP contribution is 2.17. The summed E-state index contributed by atoms with van der Waals surface area (Å²) in [5.74, 6) is -0.741. The van der Waals surface area contributed by atoms with Gasteiger partial charge in [-0.1, -0.05) is 43.2 Å². The van der Waals surface area contributed by atoms with Crippen molar-refractivity contribution in [2.24, 2.45) is 0 Å². The van der Waals surface area contributed by atoms with Crippen LogP contribution in [0.25, 0.3) is 11.0 Å². The van der Waals surface area contributed by atoms with Gasteiger partial charge in [-0.3, -0.25) is 14.4 Å². The minimum Gasteiger partial charge on any atom is -0.457 e. The van der Waals surface area contributed by atoms with Crippen LogP contribution in [-0.2, 0) is 22.5 Å². The molecule has 0 saturated heterocycles. The van der Waals surface area contributed by atoms with Gasteiger partial charge in [0.15, 0.2) is 6.61 Å². The minimum atomic E-state index is -0.518. The molecule has 0 N–H and O–H groups in total. The van der Waals surface area contributed by atoms with Gasteiger partial charge in [0, 0.05) is 18.5 Å². The van der Waals surface area contributed by atoms with E-state index in [1.165, 1.54) is 0 Å². The number of aromatic nitrogens is 2. The molecule has 0 aliphatic heterocycles. The van der Waals surface area contributed by atoms with Crippen LogP contribution in [0.15, 0.2) is 41.2 Å². The topological polar surface area (TPSA) is 78.3 Å². The fourth-order valence-electron chi connectivity index (χ4n) is 4.08. The van der Waals surface area contributed by atoms with Crippen molar-refractivity contribution in [2.45, 2.75) is 59.9 Å². The normalized spacial score (nSPS) is 11.0. The lowest BCUT2D eigenvalue weighted by atomic mass is 9.97. The van der Waals surface area contributed by atoms with Crippen LogP contribution in [0.1, 0.15) is 58.9 Å². The number of aryl methyl sites for hydroxylation is 5. The average Bonchev–Trinajstić information content (AvgIpc) is 2.75. The third-order valence-corrected chi connectivity index (χ3v) is 5.54. The Kier molecular flexibility index (Phi) is 7.57. The Labute approximate surface area is 188 Å². The summed E-state index contributed by atoms with van der Waals surface area (Å²) < 4.78 is 6.95. The Morgan fingerprint density at radius 1 is 1.06 bits per heavy atom. The number of fused-ring (bicyclic) bond motifs is 1. The molecule has 32 heavy (non-hydrogen) atoms. The van der Waals surface area contributed by atoms with E-state index in [1.807, 2.05) is 57.2 Å². The van der Waals surface area contributed by atoms with E-state index in [0.717, 1.165) is 40.6 Å². The molecule has 0 aliphatic rings. The van der Waals surface area contributed by atoms with Crippen molar-refractivity contribution in [3.63, 3.8) is 0 Å². The number of unbranched alkanes of at least 4 members (excludes halogenated alkanes) is 1. The van der Waals surface area contributed by atoms with E-state index in [0.29, 0.717) is 17.8 Å². The largest absolute Gasteiger partial charge is 0.457 e. The highest BCUT2D eigenvalue weighted by molar-refractivity contribution is 6.00. The van der Waals surface area contributed by atoms with E-state index in [4.69, 9.17) is 4.74 Å². The van der Waals surface area contributed by atoms with Crippen molar-refractivity contribution in [1.29, 1.82) is 0 Å². The zero-order valence-electron chi connectivity index (χ0n) is 19.2. The zero-order valence-corrected chi connectivity index (χ0v) is 19.2. The summed E-state index contributed by atoms with van der Waals surface area (Å²) in [6.07, 6.45) is 2.02. The summed E-state index contributed by atoms with van der Waals surface area (Å²) in [4.78, 5) is 42.3. The monoisotopic (exact) mass is 434 g/mol. The maximum Gasteiger partial charge on any atom is 0.306 e. The van der Waals surface area contributed by atoms with Gasteiger partial charge in [-0.2, -0.15) is 0 Å². The number of hydrogen-bond donors (Lipinski definition) is 0. The van der Waals surface area contributed by atoms with Gasteiger partial charge >= 0.3 is 5.97 Å². The molecule has 0 radical (unpaired) electrons. The molecule has 3 aromatic rings. The molecule has 1 aromatic heterocycles. The van der Waals surface area contributed by atoms with Gasteiger partial charge in [0.1, 0.15) is 5.69 Å².